The summed E-state index contributed by atoms with van der Waals surface area (Å²) < 4.78 is 32.3. The molecule has 0 atom stereocenters. The van der Waals surface area contributed by atoms with Gasteiger partial charge in [-0.15, -0.1) is 0 Å². The number of nitrogens with zero attached hydrogens (tertiary/aromatic N) is 1. The Bertz CT molecular complexity index is 973. The molecular formula is C23H32N4O3S. The Balaban J connectivity index is 1.64. The van der Waals surface area contributed by atoms with Gasteiger partial charge in [-0.05, 0) is 43.0 Å². The highest BCUT2D eigenvalue weighted by Gasteiger charge is 2.43. The first-order valence-corrected chi connectivity index (χ1v) is 12.1. The van der Waals surface area contributed by atoms with Crippen molar-refractivity contribution < 1.29 is 13.2 Å². The molecule has 1 aliphatic carbocycles. The van der Waals surface area contributed by atoms with Gasteiger partial charge >= 0.3 is 0 Å². The zero-order chi connectivity index (χ0) is 22.2. The lowest BCUT2D eigenvalue weighted by Gasteiger charge is -2.19. The molecule has 0 aliphatic heterocycles. The fourth-order valence-corrected chi connectivity index (χ4v) is 4.53. The number of guanidine groups is 1. The topological polar surface area (TPSA) is 91.8 Å². The molecule has 0 spiro atoms. The summed E-state index contributed by atoms with van der Waals surface area (Å²) in [5.74, 6) is 0.733. The van der Waals surface area contributed by atoms with Crippen molar-refractivity contribution in [2.75, 3.05) is 33.4 Å². The molecule has 0 amide bonds. The summed E-state index contributed by atoms with van der Waals surface area (Å²) >= 11 is 0. The third kappa shape index (κ3) is 6.53. The summed E-state index contributed by atoms with van der Waals surface area (Å²) in [6.45, 7) is 4.54. The van der Waals surface area contributed by atoms with Crippen molar-refractivity contribution in [1.29, 1.82) is 0 Å². The summed E-state index contributed by atoms with van der Waals surface area (Å²) in [6, 6.07) is 17.5. The molecule has 31 heavy (non-hydrogen) atoms. The first kappa shape index (κ1) is 23.2. The summed E-state index contributed by atoms with van der Waals surface area (Å²) in [4.78, 5) is 4.90. The van der Waals surface area contributed by atoms with E-state index in [-0.39, 0.29) is 16.9 Å². The van der Waals surface area contributed by atoms with Gasteiger partial charge in [0.2, 0.25) is 10.0 Å². The van der Waals surface area contributed by atoms with Gasteiger partial charge in [-0.1, -0.05) is 42.5 Å². The van der Waals surface area contributed by atoms with E-state index in [1.165, 1.54) is 25.5 Å². The van der Waals surface area contributed by atoms with Crippen LogP contribution in [-0.2, 0) is 26.7 Å². The van der Waals surface area contributed by atoms with Crippen molar-refractivity contribution in [3.05, 3.63) is 65.7 Å². The number of aliphatic imine (C=N–C) groups is 1. The minimum absolute atomic E-state index is 0.180. The zero-order valence-electron chi connectivity index (χ0n) is 18.2. The van der Waals surface area contributed by atoms with E-state index in [2.05, 4.69) is 44.6 Å². The fraction of sp³-hybridized carbons (Fsp3) is 0.435. The lowest BCUT2D eigenvalue weighted by molar-refractivity contribution is 0.204. The van der Waals surface area contributed by atoms with Gasteiger partial charge in [0.1, 0.15) is 0 Å². The van der Waals surface area contributed by atoms with E-state index < -0.39 is 10.0 Å². The number of hydrogen-bond donors (Lipinski definition) is 3. The molecule has 2 aromatic carbocycles. The Morgan fingerprint density at radius 3 is 2.55 bits per heavy atom. The van der Waals surface area contributed by atoms with E-state index in [9.17, 15) is 8.42 Å². The molecule has 0 unspecified atom stereocenters. The minimum Gasteiger partial charge on any atom is -0.383 e. The SMILES string of the molecule is CCNC(=NCc1cccc(S(=O)(=O)NCCOC)c1)NCC1(c2ccccc2)CC1. The standard InChI is InChI=1S/C23H32N4O3S/c1-3-24-22(26-18-23(12-13-23)20-9-5-4-6-10-20)25-17-19-8-7-11-21(16-19)31(28,29)27-14-15-30-2/h4-11,16,27H,3,12-15,17-18H2,1-2H3,(H2,24,25,26). The molecule has 1 aliphatic rings. The van der Waals surface area contributed by atoms with Crippen molar-refractivity contribution >= 4 is 16.0 Å². The summed E-state index contributed by atoms with van der Waals surface area (Å²) in [6.07, 6.45) is 2.33. The van der Waals surface area contributed by atoms with Crippen molar-refractivity contribution in [2.24, 2.45) is 4.99 Å². The Hall–Kier alpha value is -2.42. The number of benzene rings is 2. The largest absolute Gasteiger partial charge is 0.383 e. The van der Waals surface area contributed by atoms with Gasteiger partial charge in [0.25, 0.3) is 0 Å². The van der Waals surface area contributed by atoms with E-state index >= 15 is 0 Å². The van der Waals surface area contributed by atoms with E-state index in [1.54, 1.807) is 18.2 Å². The fourth-order valence-electron chi connectivity index (χ4n) is 3.45. The van der Waals surface area contributed by atoms with Gasteiger partial charge in [-0.2, -0.15) is 0 Å². The molecule has 0 heterocycles. The normalized spacial score (nSPS) is 15.5. The lowest BCUT2D eigenvalue weighted by Crippen LogP contribution is -2.41. The molecule has 0 aromatic heterocycles. The second-order valence-electron chi connectivity index (χ2n) is 7.73. The van der Waals surface area contributed by atoms with Crippen LogP contribution in [0.4, 0.5) is 0 Å². The van der Waals surface area contributed by atoms with Crippen LogP contribution in [0.3, 0.4) is 0 Å². The van der Waals surface area contributed by atoms with Crippen molar-refractivity contribution in [2.45, 2.75) is 36.6 Å². The van der Waals surface area contributed by atoms with Crippen molar-refractivity contribution in [3.8, 4) is 0 Å². The first-order chi connectivity index (χ1) is 15.0. The Kier molecular flexibility index (Phi) is 8.06. The van der Waals surface area contributed by atoms with Crippen LogP contribution in [0, 0.1) is 0 Å². The van der Waals surface area contributed by atoms with E-state index in [4.69, 9.17) is 4.74 Å². The molecular weight excluding hydrogens is 412 g/mol. The van der Waals surface area contributed by atoms with Gasteiger partial charge in [-0.25, -0.2) is 18.1 Å². The molecule has 1 saturated carbocycles. The highest BCUT2D eigenvalue weighted by atomic mass is 32.2. The number of methoxy groups -OCH3 is 1. The highest BCUT2D eigenvalue weighted by Crippen LogP contribution is 2.47. The van der Waals surface area contributed by atoms with E-state index in [1.807, 2.05) is 19.1 Å². The molecule has 1 fully saturated rings. The van der Waals surface area contributed by atoms with Crippen LogP contribution in [0.15, 0.2) is 64.5 Å². The number of hydrogen-bond acceptors (Lipinski definition) is 4. The molecule has 3 N–H and O–H groups in total. The average Bonchev–Trinajstić information content (AvgIpc) is 3.58. The maximum Gasteiger partial charge on any atom is 0.240 e. The monoisotopic (exact) mass is 444 g/mol. The maximum absolute atomic E-state index is 12.4. The third-order valence-electron chi connectivity index (χ3n) is 5.40. The van der Waals surface area contributed by atoms with E-state index in [0.29, 0.717) is 13.2 Å². The van der Waals surface area contributed by atoms with Crippen molar-refractivity contribution in [1.82, 2.24) is 15.4 Å². The Morgan fingerprint density at radius 1 is 1.10 bits per heavy atom. The van der Waals surface area contributed by atoms with Gasteiger partial charge in [0.15, 0.2) is 5.96 Å². The minimum atomic E-state index is -3.57. The molecule has 0 radical (unpaired) electrons. The molecule has 3 rings (SSSR count). The maximum atomic E-state index is 12.4. The van der Waals surface area contributed by atoms with Crippen LogP contribution in [0.5, 0.6) is 0 Å². The predicted molar refractivity (Wildman–Crippen MR) is 124 cm³/mol. The number of ether oxygens (including phenoxy) is 1. The average molecular weight is 445 g/mol. The summed E-state index contributed by atoms with van der Waals surface area (Å²) in [7, 11) is -2.03. The number of sulfonamides is 1. The van der Waals surface area contributed by atoms with Crippen LogP contribution >= 0.6 is 0 Å². The number of rotatable bonds is 11. The first-order valence-electron chi connectivity index (χ1n) is 10.6. The lowest BCUT2D eigenvalue weighted by atomic mass is 9.96. The zero-order valence-corrected chi connectivity index (χ0v) is 19.0. The summed E-state index contributed by atoms with van der Waals surface area (Å²) in [5, 5.41) is 6.74. The highest BCUT2D eigenvalue weighted by molar-refractivity contribution is 7.89. The van der Waals surface area contributed by atoms with Gasteiger partial charge in [0, 0.05) is 32.2 Å². The van der Waals surface area contributed by atoms with Crippen molar-refractivity contribution in [3.63, 3.8) is 0 Å². The number of nitrogens with one attached hydrogen (secondary N) is 3. The molecule has 2 aromatic rings. The second-order valence-corrected chi connectivity index (χ2v) is 9.50. The van der Waals surface area contributed by atoms with Gasteiger partial charge in [-0.3, -0.25) is 0 Å². The van der Waals surface area contributed by atoms with E-state index in [0.717, 1.165) is 24.6 Å². The quantitative estimate of drug-likeness (QED) is 0.281. The second kappa shape index (κ2) is 10.7. The Labute approximate surface area is 185 Å². The van der Waals surface area contributed by atoms with Gasteiger partial charge in [0.05, 0.1) is 18.0 Å². The molecule has 8 heteroatoms. The van der Waals surface area contributed by atoms with Gasteiger partial charge < -0.3 is 15.4 Å². The molecule has 0 bridgehead atoms. The predicted octanol–water partition coefficient (Wildman–Crippen LogP) is 2.40. The summed E-state index contributed by atoms with van der Waals surface area (Å²) in [5.41, 5.74) is 2.37. The molecule has 7 nitrogen and oxygen atoms in total. The molecule has 168 valence electrons. The molecule has 0 saturated heterocycles. The van der Waals surface area contributed by atoms with Crippen LogP contribution in [0.25, 0.3) is 0 Å². The van der Waals surface area contributed by atoms with Crippen LogP contribution < -0.4 is 15.4 Å². The van der Waals surface area contributed by atoms with Crippen LogP contribution in [0.1, 0.15) is 30.9 Å². The Morgan fingerprint density at radius 2 is 1.87 bits per heavy atom. The van der Waals surface area contributed by atoms with Crippen LogP contribution in [-0.4, -0.2) is 47.7 Å². The third-order valence-corrected chi connectivity index (χ3v) is 6.86. The van der Waals surface area contributed by atoms with Crippen LogP contribution in [0.2, 0.25) is 0 Å². The smallest absolute Gasteiger partial charge is 0.240 e.